The van der Waals surface area contributed by atoms with Crippen LogP contribution in [0.1, 0.15) is 86.1 Å². The summed E-state index contributed by atoms with van der Waals surface area (Å²) >= 11 is 3.44. The second kappa shape index (κ2) is 18.2. The number of benzene rings is 1. The molecule has 9 heteroatoms. The number of carbonyl (C=O) groups excluding carboxylic acids is 3. The highest BCUT2D eigenvalue weighted by Gasteiger charge is 2.29. The van der Waals surface area contributed by atoms with Crippen molar-refractivity contribution in [1.29, 1.82) is 0 Å². The highest BCUT2D eigenvalue weighted by Crippen LogP contribution is 2.34. The Morgan fingerprint density at radius 2 is 1.74 bits per heavy atom. The molecule has 1 aromatic carbocycles. The van der Waals surface area contributed by atoms with E-state index in [2.05, 4.69) is 42.0 Å². The first-order chi connectivity index (χ1) is 17.8. The number of Topliss-reactive ketones (excluding diaryl/α,β-unsaturated/α-hetero) is 1. The number of unbranched alkanes of at least 4 members (excludes halogenated alkanes) is 1. The molecule has 216 valence electrons. The number of nitrogens with one attached hydrogen (secondary N) is 1. The van der Waals surface area contributed by atoms with Gasteiger partial charge in [-0.1, -0.05) is 83.3 Å². The molecule has 0 heterocycles. The summed E-state index contributed by atoms with van der Waals surface area (Å²) in [6.07, 6.45) is 3.81. The minimum atomic E-state index is -0.554. The van der Waals surface area contributed by atoms with Gasteiger partial charge in [0.25, 0.3) is 0 Å². The number of ketones is 1. The predicted octanol–water partition coefficient (Wildman–Crippen LogP) is 8.01. The molecule has 0 bridgehead atoms. The Morgan fingerprint density at radius 3 is 2.29 bits per heavy atom. The number of ether oxygens (including phenoxy) is 2. The summed E-state index contributed by atoms with van der Waals surface area (Å²) in [5.74, 6) is 0.226. The highest BCUT2D eigenvalue weighted by atomic mass is 79.9. The zero-order chi connectivity index (χ0) is 28.7. The summed E-state index contributed by atoms with van der Waals surface area (Å²) in [7, 11) is 3.16. The van der Waals surface area contributed by atoms with Crippen molar-refractivity contribution in [2.45, 2.75) is 104 Å². The number of amides is 1. The van der Waals surface area contributed by atoms with Crippen LogP contribution in [0.4, 0.5) is 4.79 Å². The normalized spacial score (nSPS) is 14.0. The molecule has 0 aliphatic carbocycles. The van der Waals surface area contributed by atoms with Crippen molar-refractivity contribution in [3.8, 4) is 0 Å². The lowest BCUT2D eigenvalue weighted by Crippen LogP contribution is -2.40. The Kier molecular flexibility index (Phi) is 16.7. The van der Waals surface area contributed by atoms with Crippen LogP contribution in [0.2, 0.25) is 0 Å². The van der Waals surface area contributed by atoms with Crippen molar-refractivity contribution in [3.05, 3.63) is 34.3 Å². The third kappa shape index (κ3) is 15.4. The fourth-order valence-electron chi connectivity index (χ4n) is 3.76. The summed E-state index contributed by atoms with van der Waals surface area (Å²) in [4.78, 5) is 38.6. The summed E-state index contributed by atoms with van der Waals surface area (Å²) in [6.45, 7) is 13.9. The average molecular weight is 633 g/mol. The van der Waals surface area contributed by atoms with E-state index in [-0.39, 0.29) is 36.1 Å². The zero-order valence-corrected chi connectivity index (χ0v) is 27.2. The molecule has 0 radical (unpaired) electrons. The average Bonchev–Trinajstić information content (AvgIpc) is 2.81. The third-order valence-electron chi connectivity index (χ3n) is 5.59. The van der Waals surface area contributed by atoms with E-state index in [1.165, 1.54) is 0 Å². The van der Waals surface area contributed by atoms with Crippen molar-refractivity contribution >= 4 is 55.4 Å². The number of hydrogen-bond donors (Lipinski definition) is 1. The smallest absolute Gasteiger partial charge is 0.407 e. The molecular weight excluding hydrogens is 586 g/mol. The fourth-order valence-corrected chi connectivity index (χ4v) is 7.12. The molecule has 6 nitrogen and oxygen atoms in total. The molecular formula is C29H46BrNO5S2. The van der Waals surface area contributed by atoms with Gasteiger partial charge in [0.1, 0.15) is 11.4 Å². The van der Waals surface area contributed by atoms with E-state index >= 15 is 0 Å². The van der Waals surface area contributed by atoms with E-state index < -0.39 is 17.6 Å². The van der Waals surface area contributed by atoms with Crippen LogP contribution >= 0.6 is 37.5 Å². The lowest BCUT2D eigenvalue weighted by Gasteiger charge is -2.24. The number of rotatable bonds is 17. The van der Waals surface area contributed by atoms with Crippen molar-refractivity contribution in [3.63, 3.8) is 0 Å². The summed E-state index contributed by atoms with van der Waals surface area (Å²) in [6, 6.07) is 7.76. The van der Waals surface area contributed by atoms with Gasteiger partial charge in [0.15, 0.2) is 0 Å². The third-order valence-corrected chi connectivity index (χ3v) is 8.99. The van der Waals surface area contributed by atoms with Gasteiger partial charge in [-0.05, 0) is 70.6 Å². The number of halogens is 1. The number of carbonyl (C=O) groups is 3. The molecule has 0 fully saturated rings. The SMILES string of the molecule is CCCC[C@@H](CSSC(CC(C)C)C(=O)CC(Cc1ccc(Br)cc1)C(=O)OCC)NC(=O)OC(C)(C)C. The van der Waals surface area contributed by atoms with Crippen LogP contribution < -0.4 is 5.32 Å². The standard InChI is InChI=1S/C29H46BrNO5S2/c1-8-10-11-24(31-28(34)36-29(5,6)7)19-37-38-26(16-20(3)4)25(32)18-22(27(33)35-9-2)17-21-12-14-23(30)15-13-21/h12-15,20,22,24,26H,8-11,16-19H2,1-7H3,(H,31,34)/t22?,24-,26?/m0/s1. The number of esters is 1. The van der Waals surface area contributed by atoms with Gasteiger partial charge >= 0.3 is 12.1 Å². The lowest BCUT2D eigenvalue weighted by molar-refractivity contribution is -0.149. The lowest BCUT2D eigenvalue weighted by atomic mass is 9.92. The minimum Gasteiger partial charge on any atom is -0.466 e. The Morgan fingerprint density at radius 1 is 1.08 bits per heavy atom. The number of hydrogen-bond acceptors (Lipinski definition) is 7. The maximum Gasteiger partial charge on any atom is 0.407 e. The molecule has 38 heavy (non-hydrogen) atoms. The quantitative estimate of drug-likeness (QED) is 0.138. The molecule has 1 amide bonds. The molecule has 1 N–H and O–H groups in total. The van der Waals surface area contributed by atoms with Gasteiger partial charge in [0.05, 0.1) is 17.8 Å². The van der Waals surface area contributed by atoms with Crippen LogP contribution in [0.25, 0.3) is 0 Å². The Balaban J connectivity index is 2.86. The predicted molar refractivity (Wildman–Crippen MR) is 164 cm³/mol. The van der Waals surface area contributed by atoms with Crippen LogP contribution in [-0.4, -0.2) is 47.1 Å². The second-order valence-electron chi connectivity index (χ2n) is 10.9. The van der Waals surface area contributed by atoms with E-state index in [1.807, 2.05) is 45.0 Å². The molecule has 0 spiro atoms. The van der Waals surface area contributed by atoms with Crippen LogP contribution in [-0.2, 0) is 25.5 Å². The molecule has 0 aromatic heterocycles. The van der Waals surface area contributed by atoms with Crippen molar-refractivity contribution < 1.29 is 23.9 Å². The summed E-state index contributed by atoms with van der Waals surface area (Å²) in [5.41, 5.74) is 0.440. The molecule has 0 aliphatic heterocycles. The fraction of sp³-hybridized carbons (Fsp3) is 0.690. The van der Waals surface area contributed by atoms with E-state index in [0.717, 1.165) is 35.7 Å². The largest absolute Gasteiger partial charge is 0.466 e. The second-order valence-corrected chi connectivity index (χ2v) is 14.5. The van der Waals surface area contributed by atoms with Gasteiger partial charge in [0.2, 0.25) is 0 Å². The van der Waals surface area contributed by atoms with Crippen LogP contribution in [0.5, 0.6) is 0 Å². The van der Waals surface area contributed by atoms with E-state index in [4.69, 9.17) is 9.47 Å². The van der Waals surface area contributed by atoms with Crippen LogP contribution in [0, 0.1) is 11.8 Å². The maximum atomic E-state index is 13.5. The van der Waals surface area contributed by atoms with E-state index in [0.29, 0.717) is 18.1 Å². The minimum absolute atomic E-state index is 0.0400. The maximum absolute atomic E-state index is 13.5. The Labute approximate surface area is 246 Å². The van der Waals surface area contributed by atoms with Gasteiger partial charge in [-0.25, -0.2) is 4.79 Å². The van der Waals surface area contributed by atoms with Crippen LogP contribution in [0.15, 0.2) is 28.7 Å². The molecule has 1 aromatic rings. The molecule has 0 saturated carbocycles. The van der Waals surface area contributed by atoms with Gasteiger partial charge in [-0.15, -0.1) is 0 Å². The molecule has 3 atom stereocenters. The topological polar surface area (TPSA) is 81.7 Å². The first kappa shape index (κ1) is 34.8. The van der Waals surface area contributed by atoms with Gasteiger partial charge in [-0.2, -0.15) is 0 Å². The van der Waals surface area contributed by atoms with Gasteiger partial charge < -0.3 is 14.8 Å². The zero-order valence-electron chi connectivity index (χ0n) is 24.0. The van der Waals surface area contributed by atoms with Crippen molar-refractivity contribution in [1.82, 2.24) is 5.32 Å². The first-order valence-electron chi connectivity index (χ1n) is 13.6. The Hall–Kier alpha value is -1.19. The summed E-state index contributed by atoms with van der Waals surface area (Å²) < 4.78 is 11.7. The number of alkyl carbamates (subject to hydrolysis) is 1. The summed E-state index contributed by atoms with van der Waals surface area (Å²) in [5, 5.41) is 2.76. The van der Waals surface area contributed by atoms with Gasteiger partial charge in [-0.3, -0.25) is 9.59 Å². The first-order valence-corrected chi connectivity index (χ1v) is 16.7. The molecule has 2 unspecified atom stereocenters. The van der Waals surface area contributed by atoms with Crippen LogP contribution in [0.3, 0.4) is 0 Å². The monoisotopic (exact) mass is 631 g/mol. The van der Waals surface area contributed by atoms with Crippen molar-refractivity contribution in [2.75, 3.05) is 12.4 Å². The van der Waals surface area contributed by atoms with E-state index in [9.17, 15) is 14.4 Å². The molecule has 1 rings (SSSR count). The van der Waals surface area contributed by atoms with Crippen molar-refractivity contribution in [2.24, 2.45) is 11.8 Å². The Bertz CT molecular complexity index is 858. The molecule has 0 saturated heterocycles. The molecule has 0 aliphatic rings. The van der Waals surface area contributed by atoms with E-state index in [1.54, 1.807) is 28.5 Å². The highest BCUT2D eigenvalue weighted by molar-refractivity contribution is 9.10. The van der Waals surface area contributed by atoms with Gasteiger partial charge in [0, 0.05) is 22.7 Å².